The van der Waals surface area contributed by atoms with Gasteiger partial charge in [0, 0.05) is 22.9 Å². The Morgan fingerprint density at radius 2 is 2.00 bits per heavy atom. The van der Waals surface area contributed by atoms with Crippen molar-refractivity contribution in [2.45, 2.75) is 13.5 Å². The Hall–Kier alpha value is -2.01. The lowest BCUT2D eigenvalue weighted by atomic mass is 10.1. The quantitative estimate of drug-likeness (QED) is 0.872. The molecule has 2 aromatic rings. The molecule has 19 heavy (non-hydrogen) atoms. The van der Waals surface area contributed by atoms with Crippen molar-refractivity contribution in [3.63, 3.8) is 0 Å². The van der Waals surface area contributed by atoms with E-state index in [1.165, 1.54) is 16.7 Å². The molecule has 1 aromatic carbocycles. The van der Waals surface area contributed by atoms with E-state index in [1.807, 2.05) is 0 Å². The number of rotatable bonds is 3. The number of pyridine rings is 1. The van der Waals surface area contributed by atoms with Crippen molar-refractivity contribution in [1.29, 1.82) is 0 Å². The highest BCUT2D eigenvalue weighted by Crippen LogP contribution is 2.14. The second-order valence-corrected chi connectivity index (χ2v) is 4.67. The van der Waals surface area contributed by atoms with Crippen molar-refractivity contribution in [3.05, 3.63) is 69.4 Å². The van der Waals surface area contributed by atoms with Crippen LogP contribution in [0.1, 0.15) is 16.8 Å². The van der Waals surface area contributed by atoms with Gasteiger partial charge in [0.2, 0.25) is 0 Å². The summed E-state index contributed by atoms with van der Waals surface area (Å²) in [6.07, 6.45) is 0. The summed E-state index contributed by atoms with van der Waals surface area (Å²) in [5.74, 6) is -0.467. The Balaban J connectivity index is 2.48. The molecular formula is C14H13FN2OS. The molecule has 2 N–H and O–H groups in total. The van der Waals surface area contributed by atoms with Gasteiger partial charge in [0.25, 0.3) is 5.56 Å². The SMILES string of the molecule is Cc1cccc(=O)n1Cc1cccc(C(N)=S)c1F. The summed E-state index contributed by atoms with van der Waals surface area (Å²) in [5, 5.41) is 0. The first-order chi connectivity index (χ1) is 9.00. The highest BCUT2D eigenvalue weighted by molar-refractivity contribution is 7.80. The lowest BCUT2D eigenvalue weighted by Crippen LogP contribution is -2.22. The van der Waals surface area contributed by atoms with Crippen molar-refractivity contribution in [2.24, 2.45) is 5.73 Å². The number of aryl methyl sites for hydroxylation is 1. The van der Waals surface area contributed by atoms with E-state index in [0.717, 1.165) is 5.69 Å². The minimum absolute atomic E-state index is 0.0106. The normalized spacial score (nSPS) is 10.4. The van der Waals surface area contributed by atoms with E-state index < -0.39 is 5.82 Å². The van der Waals surface area contributed by atoms with E-state index >= 15 is 0 Å². The Kier molecular flexibility index (Phi) is 3.76. The molecule has 0 fully saturated rings. The third-order valence-corrected chi connectivity index (χ3v) is 3.16. The number of nitrogens with zero attached hydrogens (tertiary/aromatic N) is 1. The van der Waals surface area contributed by atoms with Gasteiger partial charge in [-0.25, -0.2) is 4.39 Å². The minimum Gasteiger partial charge on any atom is -0.389 e. The van der Waals surface area contributed by atoms with Crippen LogP contribution in [0.3, 0.4) is 0 Å². The molecule has 0 atom stereocenters. The Morgan fingerprint density at radius 3 is 2.63 bits per heavy atom. The van der Waals surface area contributed by atoms with Crippen molar-refractivity contribution in [2.75, 3.05) is 0 Å². The van der Waals surface area contributed by atoms with Crippen molar-refractivity contribution < 1.29 is 4.39 Å². The molecule has 0 bridgehead atoms. The van der Waals surface area contributed by atoms with Crippen LogP contribution in [0.4, 0.5) is 4.39 Å². The molecule has 2 rings (SSSR count). The van der Waals surface area contributed by atoms with E-state index in [4.69, 9.17) is 18.0 Å². The highest BCUT2D eigenvalue weighted by Gasteiger charge is 2.11. The maximum atomic E-state index is 14.2. The van der Waals surface area contributed by atoms with Gasteiger partial charge in [0.05, 0.1) is 6.54 Å². The van der Waals surface area contributed by atoms with Crippen LogP contribution in [-0.4, -0.2) is 9.56 Å². The molecule has 98 valence electrons. The number of thiocarbonyl (C=S) groups is 1. The summed E-state index contributed by atoms with van der Waals surface area (Å²) in [6.45, 7) is 1.96. The summed E-state index contributed by atoms with van der Waals surface area (Å²) in [6, 6.07) is 9.75. The summed E-state index contributed by atoms with van der Waals surface area (Å²) in [4.78, 5) is 11.8. The number of hydrogen-bond donors (Lipinski definition) is 1. The van der Waals surface area contributed by atoms with Gasteiger partial charge in [-0.05, 0) is 19.1 Å². The lowest BCUT2D eigenvalue weighted by Gasteiger charge is -2.11. The van der Waals surface area contributed by atoms with Gasteiger partial charge in [-0.15, -0.1) is 0 Å². The topological polar surface area (TPSA) is 48.0 Å². The van der Waals surface area contributed by atoms with E-state index in [9.17, 15) is 9.18 Å². The van der Waals surface area contributed by atoms with Crippen LogP contribution >= 0.6 is 12.2 Å². The van der Waals surface area contributed by atoms with Gasteiger partial charge < -0.3 is 10.3 Å². The average molecular weight is 276 g/mol. The molecule has 0 aliphatic carbocycles. The van der Waals surface area contributed by atoms with Crippen molar-refractivity contribution in [1.82, 2.24) is 4.57 Å². The van der Waals surface area contributed by atoms with Crippen LogP contribution in [-0.2, 0) is 6.54 Å². The zero-order valence-electron chi connectivity index (χ0n) is 10.4. The highest BCUT2D eigenvalue weighted by atomic mass is 32.1. The molecule has 0 unspecified atom stereocenters. The van der Waals surface area contributed by atoms with Crippen LogP contribution in [0.25, 0.3) is 0 Å². The zero-order chi connectivity index (χ0) is 14.0. The number of benzene rings is 1. The fraction of sp³-hybridized carbons (Fsp3) is 0.143. The first-order valence-corrected chi connectivity index (χ1v) is 6.15. The molecule has 0 saturated carbocycles. The standard InChI is InChI=1S/C14H13FN2OS/c1-9-4-2-7-12(18)17(9)8-10-5-3-6-11(13(10)15)14(16)19/h2-7H,8H2,1H3,(H2,16,19). The first kappa shape index (κ1) is 13.4. The fourth-order valence-electron chi connectivity index (χ4n) is 1.89. The molecule has 0 aliphatic heterocycles. The van der Waals surface area contributed by atoms with Gasteiger partial charge in [0.1, 0.15) is 10.8 Å². The Labute approximate surface area is 115 Å². The van der Waals surface area contributed by atoms with Crippen LogP contribution in [0.15, 0.2) is 41.2 Å². The maximum Gasteiger partial charge on any atom is 0.251 e. The van der Waals surface area contributed by atoms with Gasteiger partial charge in [-0.2, -0.15) is 0 Å². The second-order valence-electron chi connectivity index (χ2n) is 4.23. The molecule has 0 saturated heterocycles. The smallest absolute Gasteiger partial charge is 0.251 e. The first-order valence-electron chi connectivity index (χ1n) is 5.74. The van der Waals surface area contributed by atoms with Crippen LogP contribution in [0.2, 0.25) is 0 Å². The van der Waals surface area contributed by atoms with Crippen LogP contribution in [0.5, 0.6) is 0 Å². The monoisotopic (exact) mass is 276 g/mol. The van der Waals surface area contributed by atoms with Gasteiger partial charge in [-0.3, -0.25) is 4.79 Å². The van der Waals surface area contributed by atoms with E-state index in [1.54, 1.807) is 31.2 Å². The lowest BCUT2D eigenvalue weighted by molar-refractivity contribution is 0.591. The van der Waals surface area contributed by atoms with E-state index in [-0.39, 0.29) is 22.7 Å². The second kappa shape index (κ2) is 5.32. The molecule has 1 aromatic heterocycles. The summed E-state index contributed by atoms with van der Waals surface area (Å²) in [7, 11) is 0. The number of nitrogens with two attached hydrogens (primary N) is 1. The van der Waals surface area contributed by atoms with Gasteiger partial charge in [-0.1, -0.05) is 30.4 Å². The van der Waals surface area contributed by atoms with Crippen molar-refractivity contribution in [3.8, 4) is 0 Å². The molecule has 5 heteroatoms. The van der Waals surface area contributed by atoms with Gasteiger partial charge in [0.15, 0.2) is 0 Å². The van der Waals surface area contributed by atoms with E-state index in [2.05, 4.69) is 0 Å². The summed E-state index contributed by atoms with van der Waals surface area (Å²) < 4.78 is 15.7. The molecule has 0 spiro atoms. The minimum atomic E-state index is -0.467. The number of hydrogen-bond acceptors (Lipinski definition) is 2. The zero-order valence-corrected chi connectivity index (χ0v) is 11.2. The summed E-state index contributed by atoms with van der Waals surface area (Å²) >= 11 is 4.79. The molecule has 0 radical (unpaired) electrons. The van der Waals surface area contributed by atoms with Crippen molar-refractivity contribution >= 4 is 17.2 Å². The average Bonchev–Trinajstić information content (AvgIpc) is 2.35. The number of halogens is 1. The Morgan fingerprint density at radius 1 is 1.32 bits per heavy atom. The Bertz CT molecular complexity index is 694. The van der Waals surface area contributed by atoms with Crippen LogP contribution in [0, 0.1) is 12.7 Å². The third kappa shape index (κ3) is 2.71. The molecule has 0 amide bonds. The molecule has 1 heterocycles. The predicted molar refractivity (Wildman–Crippen MR) is 76.8 cm³/mol. The summed E-state index contributed by atoms with van der Waals surface area (Å²) in [5.41, 5.74) is 6.66. The number of aromatic nitrogens is 1. The third-order valence-electron chi connectivity index (χ3n) is 2.94. The molecule has 3 nitrogen and oxygen atoms in total. The van der Waals surface area contributed by atoms with E-state index in [0.29, 0.717) is 5.56 Å². The van der Waals surface area contributed by atoms with Gasteiger partial charge >= 0.3 is 0 Å². The predicted octanol–water partition coefficient (Wildman–Crippen LogP) is 1.98. The van der Waals surface area contributed by atoms with Crippen LogP contribution < -0.4 is 11.3 Å². The fourth-order valence-corrected chi connectivity index (χ4v) is 2.05. The molecular weight excluding hydrogens is 263 g/mol. The molecule has 0 aliphatic rings. The maximum absolute atomic E-state index is 14.2. The largest absolute Gasteiger partial charge is 0.389 e.